The van der Waals surface area contributed by atoms with E-state index < -0.39 is 0 Å². The molecule has 0 aromatic carbocycles. The minimum absolute atomic E-state index is 0.491. The van der Waals surface area contributed by atoms with Crippen LogP contribution in [0.5, 0.6) is 5.75 Å². The van der Waals surface area contributed by atoms with Gasteiger partial charge in [0, 0.05) is 36.3 Å². The topological polar surface area (TPSA) is 93.0 Å². The van der Waals surface area contributed by atoms with Crippen molar-refractivity contribution in [2.45, 2.75) is 25.7 Å². The number of rotatable bonds is 6. The van der Waals surface area contributed by atoms with Crippen LogP contribution in [0.15, 0.2) is 49.1 Å². The molecular weight excluding hydrogens is 354 g/mol. The summed E-state index contributed by atoms with van der Waals surface area (Å²) < 4.78 is 7.71. The van der Waals surface area contributed by atoms with Gasteiger partial charge in [-0.15, -0.1) is 0 Å². The Hall–Kier alpha value is -3.42. The van der Waals surface area contributed by atoms with Crippen LogP contribution in [0, 0.1) is 12.8 Å². The molecule has 5 rings (SSSR count). The van der Waals surface area contributed by atoms with Crippen LogP contribution in [0.4, 0.5) is 11.6 Å². The number of aromatic amines is 1. The van der Waals surface area contributed by atoms with E-state index in [4.69, 9.17) is 4.74 Å². The molecule has 0 unspecified atom stereocenters. The summed E-state index contributed by atoms with van der Waals surface area (Å²) in [4.78, 5) is 8.65. The first-order valence-corrected chi connectivity index (χ1v) is 9.41. The van der Waals surface area contributed by atoms with Gasteiger partial charge in [0.1, 0.15) is 11.3 Å². The van der Waals surface area contributed by atoms with E-state index in [0.717, 1.165) is 53.7 Å². The lowest BCUT2D eigenvalue weighted by Crippen LogP contribution is -2.27. The van der Waals surface area contributed by atoms with Crippen LogP contribution in [0.25, 0.3) is 5.52 Å². The highest BCUT2D eigenvalue weighted by molar-refractivity contribution is 5.71. The maximum atomic E-state index is 5.93. The Bertz CT molecular complexity index is 1100. The third-order valence-corrected chi connectivity index (χ3v) is 5.28. The first kappa shape index (κ1) is 16.7. The summed E-state index contributed by atoms with van der Waals surface area (Å²) in [6, 6.07) is 7.86. The second-order valence-electron chi connectivity index (χ2n) is 7.20. The van der Waals surface area contributed by atoms with E-state index >= 15 is 0 Å². The molecule has 4 heterocycles. The summed E-state index contributed by atoms with van der Waals surface area (Å²) in [6.07, 6.45) is 9.27. The average molecular weight is 375 g/mol. The molecule has 0 radical (unpaired) electrons. The van der Waals surface area contributed by atoms with E-state index in [1.807, 2.05) is 31.3 Å². The zero-order valence-corrected chi connectivity index (χ0v) is 15.5. The molecule has 0 spiro atoms. The van der Waals surface area contributed by atoms with Crippen LogP contribution < -0.4 is 10.1 Å². The molecule has 2 N–H and O–H groups in total. The van der Waals surface area contributed by atoms with Crippen molar-refractivity contribution in [2.75, 3.05) is 11.9 Å². The largest absolute Gasteiger partial charge is 0.491 e. The summed E-state index contributed by atoms with van der Waals surface area (Å²) >= 11 is 0. The zero-order chi connectivity index (χ0) is 18.9. The SMILES string of the molecule is Cc1ncccc1OC[C@H]1C[C@@H](c2cc(Nc3nccn4nccc34)n[nH]2)C1. The van der Waals surface area contributed by atoms with Crippen molar-refractivity contribution < 1.29 is 4.74 Å². The third kappa shape index (κ3) is 3.17. The normalized spacial score (nSPS) is 18.8. The number of H-pyrrole nitrogens is 1. The Morgan fingerprint density at radius 2 is 2.14 bits per heavy atom. The molecule has 1 aliphatic carbocycles. The van der Waals surface area contributed by atoms with E-state index in [-0.39, 0.29) is 0 Å². The Kier molecular flexibility index (Phi) is 4.16. The van der Waals surface area contributed by atoms with Gasteiger partial charge >= 0.3 is 0 Å². The Balaban J connectivity index is 1.18. The highest BCUT2D eigenvalue weighted by Gasteiger charge is 2.32. The number of ether oxygens (including phenoxy) is 1. The number of aromatic nitrogens is 6. The quantitative estimate of drug-likeness (QED) is 0.536. The van der Waals surface area contributed by atoms with E-state index in [0.29, 0.717) is 11.8 Å². The number of fused-ring (bicyclic) bond motifs is 1. The van der Waals surface area contributed by atoms with Crippen molar-refractivity contribution in [1.29, 1.82) is 0 Å². The Morgan fingerprint density at radius 3 is 3.04 bits per heavy atom. The maximum absolute atomic E-state index is 5.93. The van der Waals surface area contributed by atoms with Gasteiger partial charge in [-0.2, -0.15) is 10.2 Å². The monoisotopic (exact) mass is 375 g/mol. The fourth-order valence-electron chi connectivity index (χ4n) is 3.64. The zero-order valence-electron chi connectivity index (χ0n) is 15.5. The predicted molar refractivity (Wildman–Crippen MR) is 105 cm³/mol. The summed E-state index contributed by atoms with van der Waals surface area (Å²) in [7, 11) is 0. The first-order chi connectivity index (χ1) is 13.8. The number of hydrogen-bond donors (Lipinski definition) is 2. The fraction of sp³-hybridized carbons (Fsp3) is 0.300. The molecule has 1 aliphatic rings. The van der Waals surface area contributed by atoms with Gasteiger partial charge in [-0.25, -0.2) is 9.50 Å². The highest BCUT2D eigenvalue weighted by atomic mass is 16.5. The number of pyridine rings is 1. The van der Waals surface area contributed by atoms with Gasteiger partial charge in [-0.3, -0.25) is 10.1 Å². The Morgan fingerprint density at radius 1 is 1.21 bits per heavy atom. The number of aryl methyl sites for hydroxylation is 1. The smallest absolute Gasteiger partial charge is 0.157 e. The van der Waals surface area contributed by atoms with Crippen LogP contribution >= 0.6 is 0 Å². The van der Waals surface area contributed by atoms with Crippen molar-refractivity contribution in [1.82, 2.24) is 29.8 Å². The van der Waals surface area contributed by atoms with E-state index in [2.05, 4.69) is 36.6 Å². The second-order valence-corrected chi connectivity index (χ2v) is 7.20. The molecule has 8 nitrogen and oxygen atoms in total. The van der Waals surface area contributed by atoms with Crippen molar-refractivity contribution in [3.63, 3.8) is 0 Å². The summed E-state index contributed by atoms with van der Waals surface area (Å²) in [6.45, 7) is 2.70. The van der Waals surface area contributed by atoms with Crippen molar-refractivity contribution in [2.24, 2.45) is 5.92 Å². The van der Waals surface area contributed by atoms with E-state index in [9.17, 15) is 0 Å². The first-order valence-electron chi connectivity index (χ1n) is 9.41. The molecule has 0 atom stereocenters. The second kappa shape index (κ2) is 6.95. The fourth-order valence-corrected chi connectivity index (χ4v) is 3.64. The lowest BCUT2D eigenvalue weighted by atomic mass is 9.74. The molecule has 0 aliphatic heterocycles. The van der Waals surface area contributed by atoms with Crippen molar-refractivity contribution >= 4 is 17.2 Å². The van der Waals surface area contributed by atoms with Crippen LogP contribution in [0.2, 0.25) is 0 Å². The van der Waals surface area contributed by atoms with Crippen LogP contribution in [-0.2, 0) is 0 Å². The third-order valence-electron chi connectivity index (χ3n) is 5.28. The molecule has 1 saturated carbocycles. The van der Waals surface area contributed by atoms with E-state index in [1.165, 1.54) is 0 Å². The molecule has 4 aromatic rings. The molecular formula is C20H21N7O. The number of nitrogens with one attached hydrogen (secondary N) is 2. The van der Waals surface area contributed by atoms with Gasteiger partial charge in [0.25, 0.3) is 0 Å². The molecule has 4 aromatic heterocycles. The van der Waals surface area contributed by atoms with Crippen molar-refractivity contribution in [3.05, 3.63) is 60.4 Å². The molecule has 28 heavy (non-hydrogen) atoms. The molecule has 8 heteroatoms. The minimum atomic E-state index is 0.491. The predicted octanol–water partition coefficient (Wildman–Crippen LogP) is 3.47. The van der Waals surface area contributed by atoms with Crippen LogP contribution in [0.3, 0.4) is 0 Å². The van der Waals surface area contributed by atoms with Gasteiger partial charge in [0.05, 0.1) is 18.5 Å². The lowest BCUT2D eigenvalue weighted by Gasteiger charge is -2.34. The highest BCUT2D eigenvalue weighted by Crippen LogP contribution is 2.41. The molecule has 0 saturated heterocycles. The summed E-state index contributed by atoms with van der Waals surface area (Å²) in [5, 5.41) is 15.0. The molecule has 0 amide bonds. The Labute approximate surface area is 162 Å². The van der Waals surface area contributed by atoms with Gasteiger partial charge in [-0.05, 0) is 43.9 Å². The van der Waals surface area contributed by atoms with Gasteiger partial charge in [-0.1, -0.05) is 0 Å². The number of nitrogens with zero attached hydrogens (tertiary/aromatic N) is 5. The molecule has 1 fully saturated rings. The number of hydrogen-bond acceptors (Lipinski definition) is 6. The summed E-state index contributed by atoms with van der Waals surface area (Å²) in [5.41, 5.74) is 3.00. The van der Waals surface area contributed by atoms with E-state index in [1.54, 1.807) is 23.1 Å². The lowest BCUT2D eigenvalue weighted by molar-refractivity contribution is 0.155. The van der Waals surface area contributed by atoms with Crippen LogP contribution in [-0.4, -0.2) is 36.4 Å². The maximum Gasteiger partial charge on any atom is 0.157 e. The molecule has 0 bridgehead atoms. The van der Waals surface area contributed by atoms with Crippen LogP contribution in [0.1, 0.15) is 30.1 Å². The summed E-state index contributed by atoms with van der Waals surface area (Å²) in [5.74, 6) is 3.43. The standard InChI is InChI=1S/C20H21N7O/c1-13-18(3-2-5-21-13)28-12-14-9-15(10-14)16-11-19(26-25-16)24-20-17-4-6-23-27(17)8-7-22-20/h2-8,11,14-15H,9-10,12H2,1H3,(H2,22,24,25,26)/t14-,15+. The van der Waals surface area contributed by atoms with Gasteiger partial charge < -0.3 is 10.1 Å². The molecule has 142 valence electrons. The minimum Gasteiger partial charge on any atom is -0.491 e. The average Bonchev–Trinajstić information content (AvgIpc) is 3.32. The van der Waals surface area contributed by atoms with Gasteiger partial charge in [0.15, 0.2) is 11.6 Å². The van der Waals surface area contributed by atoms with Gasteiger partial charge in [0.2, 0.25) is 0 Å². The van der Waals surface area contributed by atoms with Crippen molar-refractivity contribution in [3.8, 4) is 5.75 Å². The number of anilines is 2.